The van der Waals surface area contributed by atoms with Gasteiger partial charge in [0.2, 0.25) is 0 Å². The molecule has 1 aliphatic carbocycles. The molecule has 0 amide bonds. The van der Waals surface area contributed by atoms with E-state index in [4.69, 9.17) is 25.7 Å². The Morgan fingerprint density at radius 2 is 1.69 bits per heavy atom. The summed E-state index contributed by atoms with van der Waals surface area (Å²) >= 11 is -6.06. The molecule has 178 valence electrons. The minimum atomic E-state index is -6.06. The van der Waals surface area contributed by atoms with Crippen LogP contribution in [0.2, 0.25) is 28.4 Å². The molecule has 0 fully saturated rings. The van der Waals surface area contributed by atoms with Crippen molar-refractivity contribution in [3.8, 4) is 11.1 Å². The fourth-order valence-electron chi connectivity index (χ4n) is 6.29. The second kappa shape index (κ2) is 6.99. The Hall–Kier alpha value is -0.0900. The van der Waals surface area contributed by atoms with Gasteiger partial charge in [0.15, 0.2) is 0 Å². The van der Waals surface area contributed by atoms with Crippen molar-refractivity contribution in [2.75, 3.05) is 6.61 Å². The number of rotatable bonds is 7. The van der Waals surface area contributed by atoms with Gasteiger partial charge in [-0.3, -0.25) is 0 Å². The average Bonchev–Trinajstić information content (AvgIpc) is 2.93. The van der Waals surface area contributed by atoms with Gasteiger partial charge in [-0.15, -0.1) is 0 Å². The molecule has 0 saturated carbocycles. The van der Waals surface area contributed by atoms with Gasteiger partial charge < -0.3 is 0 Å². The summed E-state index contributed by atoms with van der Waals surface area (Å²) in [6, 6.07) is 13.0. The second-order valence-corrected chi connectivity index (χ2v) is 57.4. The molecular formula is C26H41Cl2NOSiZr. The molecule has 0 spiro atoms. The maximum absolute atomic E-state index is 8.09. The molecular weight excluding hydrogens is 533 g/mol. The molecule has 32 heavy (non-hydrogen) atoms. The summed E-state index contributed by atoms with van der Waals surface area (Å²) in [4.78, 5) is 0. The summed E-state index contributed by atoms with van der Waals surface area (Å²) in [6.07, 6.45) is 1.59. The molecule has 0 saturated heterocycles. The van der Waals surface area contributed by atoms with Gasteiger partial charge in [-0.2, -0.15) is 0 Å². The van der Waals surface area contributed by atoms with Gasteiger partial charge in [0.1, 0.15) is 0 Å². The molecule has 2 aromatic carbocycles. The van der Waals surface area contributed by atoms with Gasteiger partial charge in [-0.25, -0.2) is 0 Å². The van der Waals surface area contributed by atoms with E-state index in [0.29, 0.717) is 10.7 Å². The number of aryl methyl sites for hydroxylation is 1. The molecule has 2 nitrogen and oxygen atoms in total. The molecule has 6 heteroatoms. The zero-order valence-corrected chi connectivity index (χ0v) is 26.1. The Labute approximate surface area is 197 Å². The Morgan fingerprint density at radius 1 is 1.06 bits per heavy atom. The van der Waals surface area contributed by atoms with Crippen LogP contribution in [0.25, 0.3) is 11.1 Å². The standard InChI is InChI=1S/C14H11.C6H15OSi.C4H10N.CH3.CH2.2ClH.Zr/c1-10-6-7-14-12(8-10)9-11-4-2-3-5-13(11)14;1-5-6-7-8(2,3)4;1-4(2,3)5;;;;;/h2-7H,9H2,1H3;1,5-6H2,2-4H3;5H,1-3H3;1H3;1H2;2*1H;/q;;-1;;;;;+3/p-2. The van der Waals surface area contributed by atoms with Crippen molar-refractivity contribution in [2.45, 2.75) is 74.5 Å². The van der Waals surface area contributed by atoms with E-state index in [2.05, 4.69) is 91.6 Å². The fourth-order valence-corrected chi connectivity index (χ4v) is 33.5. The molecule has 0 unspecified atom stereocenters. The van der Waals surface area contributed by atoms with Crippen molar-refractivity contribution in [3.05, 3.63) is 53.1 Å². The van der Waals surface area contributed by atoms with Gasteiger partial charge in [0, 0.05) is 0 Å². The maximum atomic E-state index is 8.09. The van der Waals surface area contributed by atoms with E-state index in [0.717, 1.165) is 21.7 Å². The third kappa shape index (κ3) is 5.26. The first kappa shape index (κ1) is 26.5. The first-order valence-electron chi connectivity index (χ1n) is 11.8. The van der Waals surface area contributed by atoms with E-state index in [1.807, 2.05) is 0 Å². The topological polar surface area (TPSA) is 21.3 Å². The number of halogens is 2. The van der Waals surface area contributed by atoms with Crippen molar-refractivity contribution in [1.82, 2.24) is 3.26 Å². The third-order valence-corrected chi connectivity index (χ3v) is 28.8. The molecule has 1 aliphatic rings. The molecule has 0 atom stereocenters. The Bertz CT molecular complexity index is 1200. The number of hydrogen-bond acceptors (Lipinski definition) is 2. The van der Waals surface area contributed by atoms with Crippen LogP contribution < -0.4 is 6.53 Å². The number of fused-ring (bicyclic) bond motifs is 3. The zero-order valence-electron chi connectivity index (χ0n) is 21.2. The zero-order chi connectivity index (χ0) is 24.3. The summed E-state index contributed by atoms with van der Waals surface area (Å²) < 4.78 is 18.7. The van der Waals surface area contributed by atoms with Crippen LogP contribution in [0.5, 0.6) is 0 Å². The van der Waals surface area contributed by atoms with Gasteiger partial charge >= 0.3 is 199 Å². The van der Waals surface area contributed by atoms with Gasteiger partial charge in [0.05, 0.1) is 0 Å². The SMILES string of the molecule is [CH2]=[Zr]([CH3])([Cl])([Cl])([CH2]CCO[Si](C)(C)C)([NH]C(C)(C)C)[c]1c(C)ccc2c1Cc1ccccc1-2. The molecule has 3 rings (SSSR count). The Morgan fingerprint density at radius 3 is 2.28 bits per heavy atom. The van der Waals surface area contributed by atoms with Crippen LogP contribution in [0, 0.1) is 6.92 Å². The van der Waals surface area contributed by atoms with Gasteiger partial charge in [0.25, 0.3) is 0 Å². The third-order valence-electron chi connectivity index (χ3n) is 6.67. The Kier molecular flexibility index (Phi) is 5.79. The summed E-state index contributed by atoms with van der Waals surface area (Å²) in [7, 11) is 14.5. The first-order chi connectivity index (χ1) is 14.2. The predicted molar refractivity (Wildman–Crippen MR) is 145 cm³/mol. The van der Waals surface area contributed by atoms with Crippen molar-refractivity contribution < 1.29 is 17.7 Å². The number of nitrogens with one attached hydrogen (secondary N) is 1. The fraction of sp³-hybridized carbons (Fsp3) is 0.500. The molecule has 0 radical (unpaired) electrons. The monoisotopic (exact) mass is 571 g/mol. The van der Waals surface area contributed by atoms with Gasteiger partial charge in [-0.05, 0) is 0 Å². The van der Waals surface area contributed by atoms with E-state index < -0.39 is 21.6 Å². The first-order valence-corrected chi connectivity index (χ1v) is 29.9. The molecule has 0 aliphatic heterocycles. The molecule has 0 bridgehead atoms. The van der Waals surface area contributed by atoms with Crippen molar-refractivity contribution >= 4 is 32.8 Å². The van der Waals surface area contributed by atoms with Crippen LogP contribution in [0.4, 0.5) is 0 Å². The quantitative estimate of drug-likeness (QED) is 0.231. The summed E-state index contributed by atoms with van der Waals surface area (Å²) in [5.74, 6) is 0. The second-order valence-electron chi connectivity index (χ2n) is 13.2. The molecule has 0 aromatic heterocycles. The van der Waals surface area contributed by atoms with E-state index >= 15 is 0 Å². The summed E-state index contributed by atoms with van der Waals surface area (Å²) in [5.41, 5.74) is 5.86. The summed E-state index contributed by atoms with van der Waals surface area (Å²) in [6.45, 7) is 15.8. The van der Waals surface area contributed by atoms with E-state index in [9.17, 15) is 0 Å². The number of benzene rings is 2. The van der Waals surface area contributed by atoms with Crippen LogP contribution in [0.1, 0.15) is 43.9 Å². The van der Waals surface area contributed by atoms with Crippen molar-refractivity contribution in [3.63, 3.8) is 0 Å². The van der Waals surface area contributed by atoms with Crippen molar-refractivity contribution in [1.29, 1.82) is 0 Å². The molecule has 2 aromatic rings. The predicted octanol–water partition coefficient (Wildman–Crippen LogP) is 7.70. The van der Waals surface area contributed by atoms with Crippen LogP contribution in [-0.4, -0.2) is 24.7 Å². The summed E-state index contributed by atoms with van der Waals surface area (Å²) in [5, 5.41) is 0. The van der Waals surface area contributed by atoms with Crippen LogP contribution in [-0.2, 0) is 24.1 Å². The normalized spacial score (nSPS) is 17.6. The minimum absolute atomic E-state index is 0.317. The van der Waals surface area contributed by atoms with Crippen LogP contribution in [0.3, 0.4) is 0 Å². The van der Waals surface area contributed by atoms with Crippen LogP contribution in [0.15, 0.2) is 36.4 Å². The Balaban J connectivity index is 2.26. The van der Waals surface area contributed by atoms with Crippen LogP contribution >= 0.6 is 17.0 Å². The molecule has 1 N–H and O–H groups in total. The van der Waals surface area contributed by atoms with E-state index in [1.54, 1.807) is 0 Å². The van der Waals surface area contributed by atoms with Gasteiger partial charge in [-0.1, -0.05) is 0 Å². The van der Waals surface area contributed by atoms with E-state index in [1.165, 1.54) is 22.3 Å². The van der Waals surface area contributed by atoms with E-state index in [-0.39, 0.29) is 5.54 Å². The average molecular weight is 574 g/mol. The van der Waals surface area contributed by atoms with Crippen molar-refractivity contribution in [2.24, 2.45) is 0 Å². The molecule has 0 heterocycles. The number of hydrogen-bond donors (Lipinski definition) is 1.